The van der Waals surface area contributed by atoms with Crippen molar-refractivity contribution in [2.24, 2.45) is 5.92 Å². The van der Waals surface area contributed by atoms with Gasteiger partial charge in [-0.25, -0.2) is 0 Å². The highest BCUT2D eigenvalue weighted by atomic mass is 35.5. The molecule has 0 radical (unpaired) electrons. The Kier molecular flexibility index (Phi) is 4.02. The molecule has 1 N–H and O–H groups in total. The maximum atomic E-state index is 6.26. The van der Waals surface area contributed by atoms with Gasteiger partial charge in [0.15, 0.2) is 0 Å². The molecular weight excluding hydrogens is 253 g/mol. The van der Waals surface area contributed by atoms with Crippen LogP contribution < -0.4 is 5.32 Å². The predicted molar refractivity (Wildman–Crippen MR) is 75.0 cm³/mol. The van der Waals surface area contributed by atoms with E-state index < -0.39 is 0 Å². The Morgan fingerprint density at radius 3 is 2.65 bits per heavy atom. The molecule has 1 atom stereocenters. The lowest BCUT2D eigenvalue weighted by molar-refractivity contribution is 0.269. The Hall–Kier alpha value is -0.240. The fourth-order valence-corrected chi connectivity index (χ4v) is 3.16. The van der Waals surface area contributed by atoms with Crippen molar-refractivity contribution in [3.05, 3.63) is 33.8 Å². The highest BCUT2D eigenvalue weighted by Crippen LogP contribution is 2.34. The Morgan fingerprint density at radius 2 is 2.12 bits per heavy atom. The first-order valence-electron chi connectivity index (χ1n) is 6.22. The third kappa shape index (κ3) is 2.78. The summed E-state index contributed by atoms with van der Waals surface area (Å²) in [5.41, 5.74) is 1.40. The zero-order valence-corrected chi connectivity index (χ0v) is 11.9. The largest absolute Gasteiger partial charge is 0.311 e. The van der Waals surface area contributed by atoms with E-state index in [0.29, 0.717) is 10.9 Å². The van der Waals surface area contributed by atoms with Gasteiger partial charge >= 0.3 is 0 Å². The zero-order chi connectivity index (χ0) is 12.5. The quantitative estimate of drug-likeness (QED) is 0.864. The Bertz CT molecular complexity index is 395. The minimum Gasteiger partial charge on any atom is -0.311 e. The lowest BCUT2D eigenvalue weighted by Gasteiger charge is -2.34. The summed E-state index contributed by atoms with van der Waals surface area (Å²) in [6, 6.07) is 5.81. The molecule has 1 aromatic rings. The molecule has 1 unspecified atom stereocenters. The van der Waals surface area contributed by atoms with Crippen LogP contribution in [0.1, 0.15) is 32.3 Å². The Labute approximate surface area is 114 Å². The van der Waals surface area contributed by atoms with Crippen molar-refractivity contribution in [1.82, 2.24) is 5.32 Å². The average molecular weight is 272 g/mol. The van der Waals surface area contributed by atoms with E-state index in [1.807, 2.05) is 12.1 Å². The van der Waals surface area contributed by atoms with Crippen LogP contribution in [0, 0.1) is 5.92 Å². The first-order valence-corrected chi connectivity index (χ1v) is 6.98. The van der Waals surface area contributed by atoms with Gasteiger partial charge in [-0.2, -0.15) is 0 Å². The number of halogens is 2. The van der Waals surface area contributed by atoms with Gasteiger partial charge in [0.1, 0.15) is 0 Å². The van der Waals surface area contributed by atoms with Gasteiger partial charge in [0.25, 0.3) is 0 Å². The van der Waals surface area contributed by atoms with Crippen molar-refractivity contribution in [3.63, 3.8) is 0 Å². The van der Waals surface area contributed by atoms with Gasteiger partial charge in [-0.1, -0.05) is 43.1 Å². The fourth-order valence-electron chi connectivity index (χ4n) is 2.68. The van der Waals surface area contributed by atoms with Crippen LogP contribution in [0.4, 0.5) is 0 Å². The molecule has 0 bridgehead atoms. The molecule has 1 heterocycles. The molecule has 2 rings (SSSR count). The molecule has 1 saturated heterocycles. The standard InChI is InChI=1S/C14H19Cl2N/c1-10(2)14(6-3-7-17-14)9-11-4-5-12(15)8-13(11)16/h4-5,8,10,17H,3,6-7,9H2,1-2H3. The number of hydrogen-bond acceptors (Lipinski definition) is 1. The highest BCUT2D eigenvalue weighted by molar-refractivity contribution is 6.35. The molecule has 1 aliphatic rings. The van der Waals surface area contributed by atoms with Gasteiger partial charge in [-0.3, -0.25) is 0 Å². The van der Waals surface area contributed by atoms with Crippen LogP contribution in [-0.2, 0) is 6.42 Å². The van der Waals surface area contributed by atoms with Gasteiger partial charge in [0.05, 0.1) is 0 Å². The molecule has 3 heteroatoms. The van der Waals surface area contributed by atoms with Crippen LogP contribution in [-0.4, -0.2) is 12.1 Å². The van der Waals surface area contributed by atoms with Gasteiger partial charge in [-0.05, 0) is 49.4 Å². The molecular formula is C14H19Cl2N. The van der Waals surface area contributed by atoms with Crippen molar-refractivity contribution in [3.8, 4) is 0 Å². The predicted octanol–water partition coefficient (Wildman–Crippen LogP) is 4.31. The summed E-state index contributed by atoms with van der Waals surface area (Å²) in [7, 11) is 0. The molecule has 0 saturated carbocycles. The normalized spacial score (nSPS) is 24.5. The lowest BCUT2D eigenvalue weighted by atomic mass is 9.80. The summed E-state index contributed by atoms with van der Waals surface area (Å²) >= 11 is 12.2. The van der Waals surface area contributed by atoms with Crippen molar-refractivity contribution in [1.29, 1.82) is 0 Å². The van der Waals surface area contributed by atoms with Crippen LogP contribution in [0.2, 0.25) is 10.0 Å². The molecule has 1 aromatic carbocycles. The number of hydrogen-bond donors (Lipinski definition) is 1. The van der Waals surface area contributed by atoms with Crippen LogP contribution >= 0.6 is 23.2 Å². The average Bonchev–Trinajstić information content (AvgIpc) is 2.72. The summed E-state index contributed by atoms with van der Waals surface area (Å²) < 4.78 is 0. The summed E-state index contributed by atoms with van der Waals surface area (Å²) in [5.74, 6) is 0.608. The molecule has 1 nitrogen and oxygen atoms in total. The van der Waals surface area contributed by atoms with Crippen molar-refractivity contribution >= 4 is 23.2 Å². The van der Waals surface area contributed by atoms with E-state index in [-0.39, 0.29) is 5.54 Å². The highest BCUT2D eigenvalue weighted by Gasteiger charge is 2.36. The van der Waals surface area contributed by atoms with E-state index in [1.165, 1.54) is 18.4 Å². The molecule has 0 aromatic heterocycles. The molecule has 0 amide bonds. The summed E-state index contributed by atoms with van der Waals surface area (Å²) in [4.78, 5) is 0. The summed E-state index contributed by atoms with van der Waals surface area (Å²) in [6.07, 6.45) is 3.47. The number of benzene rings is 1. The number of nitrogens with one attached hydrogen (secondary N) is 1. The number of rotatable bonds is 3. The smallest absolute Gasteiger partial charge is 0.0453 e. The summed E-state index contributed by atoms with van der Waals surface area (Å²) in [5, 5.41) is 5.16. The minimum atomic E-state index is 0.206. The maximum absolute atomic E-state index is 6.26. The second kappa shape index (κ2) is 5.17. The molecule has 0 aliphatic carbocycles. The van der Waals surface area contributed by atoms with Gasteiger partial charge < -0.3 is 5.32 Å². The van der Waals surface area contributed by atoms with Crippen LogP contribution in [0.25, 0.3) is 0 Å². The SMILES string of the molecule is CC(C)C1(Cc2ccc(Cl)cc2Cl)CCCN1. The topological polar surface area (TPSA) is 12.0 Å². The maximum Gasteiger partial charge on any atom is 0.0453 e. The lowest BCUT2D eigenvalue weighted by Crippen LogP contribution is -2.46. The van der Waals surface area contributed by atoms with Crippen molar-refractivity contribution in [2.75, 3.05) is 6.54 Å². The van der Waals surface area contributed by atoms with Crippen molar-refractivity contribution in [2.45, 2.75) is 38.6 Å². The summed E-state index contributed by atoms with van der Waals surface area (Å²) in [6.45, 7) is 5.67. The van der Waals surface area contributed by atoms with E-state index in [4.69, 9.17) is 23.2 Å². The van der Waals surface area contributed by atoms with E-state index in [1.54, 1.807) is 0 Å². The first-order chi connectivity index (χ1) is 8.03. The first kappa shape index (κ1) is 13.2. The Morgan fingerprint density at radius 1 is 1.35 bits per heavy atom. The van der Waals surface area contributed by atoms with Gasteiger partial charge in [-0.15, -0.1) is 0 Å². The third-order valence-electron chi connectivity index (χ3n) is 3.90. The van der Waals surface area contributed by atoms with Crippen LogP contribution in [0.3, 0.4) is 0 Å². The zero-order valence-electron chi connectivity index (χ0n) is 10.4. The second-order valence-electron chi connectivity index (χ2n) is 5.25. The minimum absolute atomic E-state index is 0.206. The van der Waals surface area contributed by atoms with Gasteiger partial charge in [0.2, 0.25) is 0 Å². The van der Waals surface area contributed by atoms with Crippen LogP contribution in [0.5, 0.6) is 0 Å². The van der Waals surface area contributed by atoms with Crippen LogP contribution in [0.15, 0.2) is 18.2 Å². The van der Waals surface area contributed by atoms with Gasteiger partial charge in [0, 0.05) is 15.6 Å². The molecule has 94 valence electrons. The monoisotopic (exact) mass is 271 g/mol. The fraction of sp³-hybridized carbons (Fsp3) is 0.571. The molecule has 1 fully saturated rings. The van der Waals surface area contributed by atoms with E-state index in [9.17, 15) is 0 Å². The molecule has 1 aliphatic heterocycles. The molecule has 17 heavy (non-hydrogen) atoms. The van der Waals surface area contributed by atoms with E-state index in [0.717, 1.165) is 18.0 Å². The second-order valence-corrected chi connectivity index (χ2v) is 6.10. The Balaban J connectivity index is 2.23. The molecule has 0 spiro atoms. The van der Waals surface area contributed by atoms with Crippen molar-refractivity contribution < 1.29 is 0 Å². The third-order valence-corrected chi connectivity index (χ3v) is 4.49. The van der Waals surface area contributed by atoms with E-state index >= 15 is 0 Å². The van der Waals surface area contributed by atoms with E-state index in [2.05, 4.69) is 25.2 Å².